The third-order valence-electron chi connectivity index (χ3n) is 1.02. The Morgan fingerprint density at radius 1 is 0.923 bits per heavy atom. The van der Waals surface area contributed by atoms with Crippen LogP contribution in [0.3, 0.4) is 0 Å². The van der Waals surface area contributed by atoms with E-state index in [1.54, 1.807) is 0 Å². The molecule has 0 rings (SSSR count). The number of aliphatic hydroxyl groups is 1. The van der Waals surface area contributed by atoms with Gasteiger partial charge in [0.15, 0.2) is 0 Å². The summed E-state index contributed by atoms with van der Waals surface area (Å²) < 4.78 is 36.6. The van der Waals surface area contributed by atoms with E-state index in [1.807, 2.05) is 0 Å². The summed E-state index contributed by atoms with van der Waals surface area (Å²) >= 11 is 0. The normalized spacial score (nSPS) is 11.1. The molecule has 1 N–H and O–H groups in total. The van der Waals surface area contributed by atoms with Gasteiger partial charge in [-0.25, -0.2) is 0 Å². The number of halogens is 2. The second-order valence-corrected chi connectivity index (χ2v) is 2.65. The molecule has 0 aliphatic heterocycles. The first-order chi connectivity index (χ1) is 6.27. The molecular formula is C6H13F2O4P. The molecule has 0 aliphatic carbocycles. The summed E-state index contributed by atoms with van der Waals surface area (Å²) in [6.45, 7) is 0.936. The zero-order chi connectivity index (χ0) is 9.94. The lowest BCUT2D eigenvalue weighted by atomic mass is 10.7. The Hall–Kier alpha value is 0.130. The van der Waals surface area contributed by atoms with Crippen LogP contribution in [0, 0.1) is 0 Å². The fourth-order valence-electron chi connectivity index (χ4n) is 0.552. The van der Waals surface area contributed by atoms with Gasteiger partial charge in [-0.3, -0.25) is 0 Å². The molecule has 80 valence electrons. The lowest BCUT2D eigenvalue weighted by molar-refractivity contribution is 0.0247. The third-order valence-corrected chi connectivity index (χ3v) is 1.40. The molecule has 0 saturated carbocycles. The van der Waals surface area contributed by atoms with Gasteiger partial charge < -0.3 is 19.1 Å². The van der Waals surface area contributed by atoms with Gasteiger partial charge in [-0.05, 0) is 0 Å². The molecule has 0 atom stereocenters. The molecule has 0 aromatic carbocycles. The van der Waals surface area contributed by atoms with E-state index < -0.39 is 8.77 Å². The van der Waals surface area contributed by atoms with Crippen LogP contribution < -0.4 is 0 Å². The second kappa shape index (κ2) is 10.2. The standard InChI is InChI=1S/C6H13F2O4P/c7-13(8)12-6-5-11-4-3-10-2-1-9/h9H,1-6H2. The SMILES string of the molecule is OCCOCCOCCOP(F)F. The predicted octanol–water partition coefficient (Wildman–Crippen LogP) is 1.19. The van der Waals surface area contributed by atoms with Crippen molar-refractivity contribution in [1.29, 1.82) is 0 Å². The van der Waals surface area contributed by atoms with Crippen LogP contribution in [0.5, 0.6) is 0 Å². The highest BCUT2D eigenvalue weighted by atomic mass is 31.2. The monoisotopic (exact) mass is 218 g/mol. The first kappa shape index (κ1) is 13.1. The molecule has 13 heavy (non-hydrogen) atoms. The van der Waals surface area contributed by atoms with E-state index in [9.17, 15) is 8.39 Å². The van der Waals surface area contributed by atoms with Crippen LogP contribution in [0.4, 0.5) is 8.39 Å². The summed E-state index contributed by atoms with van der Waals surface area (Å²) in [5.41, 5.74) is 0. The van der Waals surface area contributed by atoms with Crippen LogP contribution >= 0.6 is 8.77 Å². The molecule has 0 aliphatic rings. The molecule has 0 saturated heterocycles. The van der Waals surface area contributed by atoms with E-state index in [0.29, 0.717) is 13.2 Å². The molecule has 0 aromatic heterocycles. The summed E-state index contributed by atoms with van der Waals surface area (Å²) in [4.78, 5) is 0. The Morgan fingerprint density at radius 2 is 1.46 bits per heavy atom. The molecule has 0 amide bonds. The number of aliphatic hydroxyl groups excluding tert-OH is 1. The van der Waals surface area contributed by atoms with Crippen molar-refractivity contribution in [2.75, 3.05) is 39.6 Å². The van der Waals surface area contributed by atoms with E-state index in [0.717, 1.165) is 0 Å². The van der Waals surface area contributed by atoms with Crippen LogP contribution in [0.15, 0.2) is 0 Å². The molecule has 0 fully saturated rings. The van der Waals surface area contributed by atoms with Crippen molar-refractivity contribution in [3.05, 3.63) is 0 Å². The Bertz CT molecular complexity index is 107. The van der Waals surface area contributed by atoms with Gasteiger partial charge in [-0.1, -0.05) is 0 Å². The number of hydrogen-bond acceptors (Lipinski definition) is 4. The van der Waals surface area contributed by atoms with E-state index >= 15 is 0 Å². The quantitative estimate of drug-likeness (QED) is 0.466. The lowest BCUT2D eigenvalue weighted by Crippen LogP contribution is -2.09. The minimum absolute atomic E-state index is 0.0306. The summed E-state index contributed by atoms with van der Waals surface area (Å²) in [7, 11) is -3.28. The van der Waals surface area contributed by atoms with Crippen molar-refractivity contribution in [3.8, 4) is 0 Å². The van der Waals surface area contributed by atoms with Crippen molar-refractivity contribution < 1.29 is 27.5 Å². The maximum Gasteiger partial charge on any atom is 0.415 e. The molecule has 0 unspecified atom stereocenters. The van der Waals surface area contributed by atoms with Crippen LogP contribution in [0.2, 0.25) is 0 Å². The smallest absolute Gasteiger partial charge is 0.394 e. The Morgan fingerprint density at radius 3 is 2.00 bits per heavy atom. The van der Waals surface area contributed by atoms with Crippen molar-refractivity contribution in [2.24, 2.45) is 0 Å². The average Bonchev–Trinajstić information content (AvgIpc) is 2.09. The van der Waals surface area contributed by atoms with Crippen LogP contribution in [0.1, 0.15) is 0 Å². The minimum atomic E-state index is -3.28. The van der Waals surface area contributed by atoms with Gasteiger partial charge in [0, 0.05) is 0 Å². The first-order valence-corrected chi connectivity index (χ1v) is 4.82. The fourth-order valence-corrected chi connectivity index (χ4v) is 0.764. The van der Waals surface area contributed by atoms with E-state index in [2.05, 4.69) is 4.52 Å². The van der Waals surface area contributed by atoms with Crippen LogP contribution in [-0.2, 0) is 14.0 Å². The molecule has 7 heteroatoms. The van der Waals surface area contributed by atoms with Crippen molar-refractivity contribution in [1.82, 2.24) is 0 Å². The molecule has 0 spiro atoms. The zero-order valence-electron chi connectivity index (χ0n) is 7.12. The van der Waals surface area contributed by atoms with Gasteiger partial charge in [-0.15, -0.1) is 0 Å². The molecule has 4 nitrogen and oxygen atoms in total. The van der Waals surface area contributed by atoms with Crippen molar-refractivity contribution in [2.45, 2.75) is 0 Å². The molecule has 0 bridgehead atoms. The van der Waals surface area contributed by atoms with E-state index in [-0.39, 0.29) is 26.4 Å². The van der Waals surface area contributed by atoms with Crippen LogP contribution in [0.25, 0.3) is 0 Å². The lowest BCUT2D eigenvalue weighted by Gasteiger charge is -2.04. The second-order valence-electron chi connectivity index (χ2n) is 1.98. The first-order valence-electron chi connectivity index (χ1n) is 3.78. The van der Waals surface area contributed by atoms with Gasteiger partial charge in [0.2, 0.25) is 0 Å². The average molecular weight is 218 g/mol. The van der Waals surface area contributed by atoms with Crippen LogP contribution in [-0.4, -0.2) is 44.7 Å². The van der Waals surface area contributed by atoms with Crippen molar-refractivity contribution in [3.63, 3.8) is 0 Å². The van der Waals surface area contributed by atoms with E-state index in [4.69, 9.17) is 14.6 Å². The molecule has 0 radical (unpaired) electrons. The van der Waals surface area contributed by atoms with Gasteiger partial charge in [0.05, 0.1) is 39.6 Å². The largest absolute Gasteiger partial charge is 0.415 e. The van der Waals surface area contributed by atoms with E-state index in [1.165, 1.54) is 0 Å². The summed E-state index contributed by atoms with van der Waals surface area (Å²) in [6, 6.07) is 0. The van der Waals surface area contributed by atoms with Gasteiger partial charge in [0.25, 0.3) is 0 Å². The highest BCUT2D eigenvalue weighted by Gasteiger charge is 2.02. The van der Waals surface area contributed by atoms with Gasteiger partial charge >= 0.3 is 8.77 Å². The maximum atomic E-state index is 11.4. The predicted molar refractivity (Wildman–Crippen MR) is 43.8 cm³/mol. The number of hydrogen-bond donors (Lipinski definition) is 1. The van der Waals surface area contributed by atoms with Gasteiger partial charge in [0.1, 0.15) is 0 Å². The Balaban J connectivity index is 2.84. The number of ether oxygens (including phenoxy) is 2. The summed E-state index contributed by atoms with van der Waals surface area (Å²) in [5, 5.41) is 8.30. The molecule has 0 aromatic rings. The fraction of sp³-hybridized carbons (Fsp3) is 1.00. The molecule has 0 heterocycles. The summed E-state index contributed by atoms with van der Waals surface area (Å²) in [5.74, 6) is 0. The Labute approximate surface area is 76.9 Å². The third kappa shape index (κ3) is 12.1. The topological polar surface area (TPSA) is 47.9 Å². The maximum absolute atomic E-state index is 11.4. The van der Waals surface area contributed by atoms with Crippen molar-refractivity contribution >= 4 is 8.77 Å². The summed E-state index contributed by atoms with van der Waals surface area (Å²) in [6.07, 6.45) is 0. The van der Waals surface area contributed by atoms with Gasteiger partial charge in [-0.2, -0.15) is 8.39 Å². The number of rotatable bonds is 9. The Kier molecular flexibility index (Phi) is 10.3. The highest BCUT2D eigenvalue weighted by molar-refractivity contribution is 7.40. The minimum Gasteiger partial charge on any atom is -0.394 e. The highest BCUT2D eigenvalue weighted by Crippen LogP contribution is 2.39. The molecular weight excluding hydrogens is 205 g/mol. The zero-order valence-corrected chi connectivity index (χ0v) is 8.01.